The molecular weight excluding hydrogens is 384 g/mol. The standard InChI is InChI=1S/C19H19ClN4O2S/c1-10-3-6-13-15(7-10)27-18-17(13)19(26)24(23-22-18)9-16(25)21-14-8-12(20)5-4-11(14)2/h4-5,8,10H,3,6-7,9H2,1-2H3,(H,21,25). The number of aryl methyl sites for hydroxylation is 2. The quantitative estimate of drug-likeness (QED) is 0.726. The van der Waals surface area contributed by atoms with Crippen molar-refractivity contribution in [3.8, 4) is 0 Å². The molecule has 3 aromatic rings. The first-order valence-corrected chi connectivity index (χ1v) is 10.1. The largest absolute Gasteiger partial charge is 0.324 e. The molecule has 2 aromatic heterocycles. The molecule has 6 nitrogen and oxygen atoms in total. The van der Waals surface area contributed by atoms with E-state index in [9.17, 15) is 9.59 Å². The Kier molecular flexibility index (Phi) is 4.74. The van der Waals surface area contributed by atoms with E-state index in [1.165, 1.54) is 4.88 Å². The summed E-state index contributed by atoms with van der Waals surface area (Å²) in [7, 11) is 0. The molecule has 0 saturated heterocycles. The second kappa shape index (κ2) is 7.05. The van der Waals surface area contributed by atoms with Gasteiger partial charge in [0, 0.05) is 15.6 Å². The molecule has 0 spiro atoms. The molecule has 27 heavy (non-hydrogen) atoms. The minimum absolute atomic E-state index is 0.186. The first-order chi connectivity index (χ1) is 12.9. The minimum Gasteiger partial charge on any atom is -0.324 e. The number of fused-ring (bicyclic) bond motifs is 3. The number of benzene rings is 1. The van der Waals surface area contributed by atoms with Gasteiger partial charge in [0.2, 0.25) is 5.91 Å². The van der Waals surface area contributed by atoms with E-state index in [-0.39, 0.29) is 18.0 Å². The van der Waals surface area contributed by atoms with Gasteiger partial charge in [0.15, 0.2) is 4.83 Å². The van der Waals surface area contributed by atoms with E-state index in [2.05, 4.69) is 22.6 Å². The second-order valence-electron chi connectivity index (χ2n) is 7.09. The topological polar surface area (TPSA) is 76.9 Å². The average Bonchev–Trinajstić information content (AvgIpc) is 2.98. The van der Waals surface area contributed by atoms with E-state index >= 15 is 0 Å². The maximum Gasteiger partial charge on any atom is 0.279 e. The molecule has 1 unspecified atom stereocenters. The molecule has 1 aromatic carbocycles. The van der Waals surface area contributed by atoms with Crippen LogP contribution in [0.25, 0.3) is 10.2 Å². The number of thiophene rings is 1. The molecule has 2 heterocycles. The summed E-state index contributed by atoms with van der Waals surface area (Å²) in [6.07, 6.45) is 2.92. The number of nitrogens with zero attached hydrogens (tertiary/aromatic N) is 3. The molecule has 1 aliphatic carbocycles. The number of nitrogens with one attached hydrogen (secondary N) is 1. The Balaban J connectivity index is 1.62. The molecule has 4 rings (SSSR count). The van der Waals surface area contributed by atoms with Crippen LogP contribution in [-0.4, -0.2) is 20.9 Å². The summed E-state index contributed by atoms with van der Waals surface area (Å²) in [4.78, 5) is 27.2. The van der Waals surface area contributed by atoms with Crippen molar-refractivity contribution >= 4 is 44.7 Å². The van der Waals surface area contributed by atoms with E-state index in [1.807, 2.05) is 13.0 Å². The van der Waals surface area contributed by atoms with Gasteiger partial charge in [0.25, 0.3) is 5.56 Å². The van der Waals surface area contributed by atoms with Gasteiger partial charge in [-0.2, -0.15) is 0 Å². The third-order valence-corrected chi connectivity index (χ3v) is 6.33. The smallest absolute Gasteiger partial charge is 0.279 e. The monoisotopic (exact) mass is 402 g/mol. The van der Waals surface area contributed by atoms with Crippen LogP contribution in [0, 0.1) is 12.8 Å². The Morgan fingerprint density at radius 1 is 1.44 bits per heavy atom. The van der Waals surface area contributed by atoms with E-state index in [4.69, 9.17) is 11.6 Å². The van der Waals surface area contributed by atoms with Crippen molar-refractivity contribution in [1.82, 2.24) is 15.0 Å². The molecule has 0 saturated carbocycles. The fraction of sp³-hybridized carbons (Fsp3) is 0.368. The summed E-state index contributed by atoms with van der Waals surface area (Å²) in [6, 6.07) is 5.27. The lowest BCUT2D eigenvalue weighted by Gasteiger charge is -2.17. The van der Waals surface area contributed by atoms with Gasteiger partial charge in [0.1, 0.15) is 6.54 Å². The molecule has 1 atom stereocenters. The van der Waals surface area contributed by atoms with Crippen LogP contribution < -0.4 is 10.9 Å². The van der Waals surface area contributed by atoms with Gasteiger partial charge in [0.05, 0.1) is 5.39 Å². The maximum absolute atomic E-state index is 12.9. The highest BCUT2D eigenvalue weighted by molar-refractivity contribution is 7.18. The summed E-state index contributed by atoms with van der Waals surface area (Å²) in [5.74, 6) is 0.279. The second-order valence-corrected chi connectivity index (χ2v) is 8.61. The van der Waals surface area contributed by atoms with Gasteiger partial charge in [-0.05, 0) is 55.4 Å². The summed E-state index contributed by atoms with van der Waals surface area (Å²) in [5, 5.41) is 12.1. The number of aromatic nitrogens is 3. The van der Waals surface area contributed by atoms with Crippen LogP contribution in [0.1, 0.15) is 29.3 Å². The third kappa shape index (κ3) is 3.49. The van der Waals surface area contributed by atoms with Crippen LogP contribution in [-0.2, 0) is 24.2 Å². The molecule has 1 amide bonds. The van der Waals surface area contributed by atoms with Crippen LogP contribution in [0.3, 0.4) is 0 Å². The fourth-order valence-corrected chi connectivity index (χ4v) is 4.94. The highest BCUT2D eigenvalue weighted by Crippen LogP contribution is 2.35. The number of carbonyl (C=O) groups excluding carboxylic acids is 1. The zero-order valence-electron chi connectivity index (χ0n) is 15.1. The lowest BCUT2D eigenvalue weighted by atomic mass is 9.89. The molecule has 0 aliphatic heterocycles. The molecule has 140 valence electrons. The summed E-state index contributed by atoms with van der Waals surface area (Å²) in [6.45, 7) is 3.91. The first kappa shape index (κ1) is 18.1. The normalized spacial score (nSPS) is 16.3. The van der Waals surface area contributed by atoms with Gasteiger partial charge in [-0.1, -0.05) is 29.8 Å². The highest BCUT2D eigenvalue weighted by Gasteiger charge is 2.24. The molecule has 1 aliphatic rings. The Labute approximate surface area is 165 Å². The van der Waals surface area contributed by atoms with Gasteiger partial charge >= 0.3 is 0 Å². The van der Waals surface area contributed by atoms with E-state index in [0.29, 0.717) is 26.8 Å². The van der Waals surface area contributed by atoms with Crippen molar-refractivity contribution in [2.45, 2.75) is 39.7 Å². The Morgan fingerprint density at radius 3 is 3.07 bits per heavy atom. The number of rotatable bonds is 3. The van der Waals surface area contributed by atoms with E-state index in [0.717, 1.165) is 35.1 Å². The maximum atomic E-state index is 12.9. The zero-order chi connectivity index (χ0) is 19.1. The molecule has 8 heteroatoms. The van der Waals surface area contributed by atoms with Crippen LogP contribution in [0.15, 0.2) is 23.0 Å². The summed E-state index contributed by atoms with van der Waals surface area (Å²) in [5.41, 5.74) is 2.36. The van der Waals surface area contributed by atoms with Crippen LogP contribution in [0.5, 0.6) is 0 Å². The fourth-order valence-electron chi connectivity index (χ4n) is 3.45. The van der Waals surface area contributed by atoms with Crippen molar-refractivity contribution < 1.29 is 4.79 Å². The molecule has 0 bridgehead atoms. The van der Waals surface area contributed by atoms with Gasteiger partial charge in [-0.3, -0.25) is 9.59 Å². The predicted molar refractivity (Wildman–Crippen MR) is 108 cm³/mol. The molecule has 0 fully saturated rings. The SMILES string of the molecule is Cc1ccc(Cl)cc1NC(=O)Cn1nnc2sc3c(c2c1=O)CCC(C)C3. The Morgan fingerprint density at radius 2 is 2.26 bits per heavy atom. The number of hydrogen-bond donors (Lipinski definition) is 1. The predicted octanol–water partition coefficient (Wildman–Crippen LogP) is 3.58. The van der Waals surface area contributed by atoms with E-state index < -0.39 is 0 Å². The van der Waals surface area contributed by atoms with Gasteiger partial charge in [-0.25, -0.2) is 4.68 Å². The number of anilines is 1. The molecular formula is C19H19ClN4O2S. The van der Waals surface area contributed by atoms with Gasteiger partial charge < -0.3 is 5.32 Å². The minimum atomic E-state index is -0.339. The van der Waals surface area contributed by atoms with Crippen molar-refractivity contribution in [2.75, 3.05) is 5.32 Å². The first-order valence-electron chi connectivity index (χ1n) is 8.86. The van der Waals surface area contributed by atoms with Crippen molar-refractivity contribution in [3.63, 3.8) is 0 Å². The van der Waals surface area contributed by atoms with Crippen molar-refractivity contribution in [3.05, 3.63) is 49.6 Å². The molecule has 1 N–H and O–H groups in total. The number of hydrogen-bond acceptors (Lipinski definition) is 5. The Hall–Kier alpha value is -2.25. The Bertz CT molecular complexity index is 1110. The van der Waals surface area contributed by atoms with Gasteiger partial charge in [-0.15, -0.1) is 16.4 Å². The van der Waals surface area contributed by atoms with E-state index in [1.54, 1.807) is 23.5 Å². The van der Waals surface area contributed by atoms with Crippen LogP contribution in [0.2, 0.25) is 5.02 Å². The highest BCUT2D eigenvalue weighted by atomic mass is 35.5. The number of halogens is 1. The van der Waals surface area contributed by atoms with Crippen molar-refractivity contribution in [1.29, 1.82) is 0 Å². The molecule has 0 radical (unpaired) electrons. The van der Waals surface area contributed by atoms with Crippen molar-refractivity contribution in [2.24, 2.45) is 5.92 Å². The third-order valence-electron chi connectivity index (χ3n) is 4.95. The summed E-state index contributed by atoms with van der Waals surface area (Å²) < 4.78 is 1.14. The van der Waals surface area contributed by atoms with Crippen LogP contribution >= 0.6 is 22.9 Å². The average molecular weight is 403 g/mol. The lowest BCUT2D eigenvalue weighted by Crippen LogP contribution is -2.30. The number of amides is 1. The summed E-state index contributed by atoms with van der Waals surface area (Å²) >= 11 is 7.54. The number of carbonyl (C=O) groups is 1. The lowest BCUT2D eigenvalue weighted by molar-refractivity contribution is -0.117. The van der Waals surface area contributed by atoms with Crippen LogP contribution in [0.4, 0.5) is 5.69 Å². The zero-order valence-corrected chi connectivity index (χ0v) is 16.7.